The maximum atomic E-state index is 12.5. The summed E-state index contributed by atoms with van der Waals surface area (Å²) in [5.74, 6) is -1.15. The van der Waals surface area contributed by atoms with Crippen molar-refractivity contribution in [3.8, 4) is 0 Å². The first kappa shape index (κ1) is 17.0. The Labute approximate surface area is 153 Å². The number of amides is 2. The third kappa shape index (κ3) is 3.48. The first-order valence-corrected chi connectivity index (χ1v) is 8.28. The summed E-state index contributed by atoms with van der Waals surface area (Å²) in [7, 11) is 0. The minimum Gasteiger partial charge on any atom is -0.312 e. The fraction of sp³-hybridized carbons (Fsp3) is 0.188. The van der Waals surface area contributed by atoms with Crippen LogP contribution in [0.4, 0.5) is 11.5 Å². The first-order valence-electron chi connectivity index (χ1n) is 7.14. The fourth-order valence-corrected chi connectivity index (χ4v) is 2.97. The van der Waals surface area contributed by atoms with Crippen LogP contribution in [0.3, 0.4) is 0 Å². The van der Waals surface area contributed by atoms with Gasteiger partial charge in [0.1, 0.15) is 11.7 Å². The summed E-state index contributed by atoms with van der Waals surface area (Å²) in [5, 5.41) is 3.84. The molecule has 0 bridgehead atoms. The number of hydrogen-bond acceptors (Lipinski definition) is 3. The van der Waals surface area contributed by atoms with E-state index in [1.54, 1.807) is 24.3 Å². The summed E-state index contributed by atoms with van der Waals surface area (Å²) >= 11 is 17.7. The van der Waals surface area contributed by atoms with Gasteiger partial charge in [0, 0.05) is 23.5 Å². The zero-order chi connectivity index (χ0) is 17.3. The zero-order valence-corrected chi connectivity index (χ0v) is 14.6. The molecule has 0 spiro atoms. The van der Waals surface area contributed by atoms with E-state index in [1.165, 1.54) is 17.2 Å². The molecular weight excluding hydrogens is 373 g/mol. The molecule has 3 rings (SSSR count). The summed E-state index contributed by atoms with van der Waals surface area (Å²) in [4.78, 5) is 30.4. The predicted molar refractivity (Wildman–Crippen MR) is 94.8 cm³/mol. The number of hydrogen-bond donors (Lipinski definition) is 1. The van der Waals surface area contributed by atoms with Gasteiger partial charge in [-0.05, 0) is 36.8 Å². The summed E-state index contributed by atoms with van der Waals surface area (Å²) in [6, 6.07) is 8.06. The van der Waals surface area contributed by atoms with E-state index in [1.807, 2.05) is 0 Å². The Bertz CT molecular complexity index is 813. The number of carbonyl (C=O) groups is 2. The monoisotopic (exact) mass is 383 g/mol. The number of pyridine rings is 1. The number of carbonyl (C=O) groups excluding carboxylic acids is 2. The first-order chi connectivity index (χ1) is 11.5. The number of benzene rings is 1. The van der Waals surface area contributed by atoms with Gasteiger partial charge >= 0.3 is 0 Å². The molecule has 5 nitrogen and oxygen atoms in total. The van der Waals surface area contributed by atoms with Crippen LogP contribution in [0.15, 0.2) is 36.5 Å². The number of nitrogens with one attached hydrogen (secondary N) is 1. The standard InChI is InChI=1S/C16H12Cl3N3O2/c17-9-3-5-20-14(7-9)21-15(23)11-4-6-22(16(11)24)10-1-2-12(18)13(19)8-10/h1-3,5,7-8,11H,4,6H2,(H,20,21,23). The lowest BCUT2D eigenvalue weighted by molar-refractivity contribution is -0.129. The molecule has 1 aliphatic heterocycles. The van der Waals surface area contributed by atoms with E-state index in [2.05, 4.69) is 10.3 Å². The molecule has 2 aromatic rings. The zero-order valence-electron chi connectivity index (χ0n) is 12.3. The van der Waals surface area contributed by atoms with Crippen molar-refractivity contribution in [1.82, 2.24) is 4.98 Å². The van der Waals surface area contributed by atoms with Crippen LogP contribution >= 0.6 is 34.8 Å². The molecule has 0 radical (unpaired) electrons. The molecule has 1 aromatic carbocycles. The third-order valence-corrected chi connectivity index (χ3v) is 4.68. The number of nitrogens with zero attached hydrogens (tertiary/aromatic N) is 2. The Morgan fingerprint density at radius 3 is 2.67 bits per heavy atom. The van der Waals surface area contributed by atoms with Gasteiger partial charge in [-0.2, -0.15) is 0 Å². The molecule has 1 N–H and O–H groups in total. The van der Waals surface area contributed by atoms with E-state index in [0.717, 1.165) is 0 Å². The van der Waals surface area contributed by atoms with Crippen LogP contribution in [0.25, 0.3) is 0 Å². The molecule has 1 aromatic heterocycles. The van der Waals surface area contributed by atoms with Gasteiger partial charge in [0.15, 0.2) is 0 Å². The number of halogens is 3. The molecule has 2 heterocycles. The second kappa shape index (κ2) is 6.97. The largest absolute Gasteiger partial charge is 0.312 e. The summed E-state index contributed by atoms with van der Waals surface area (Å²) in [6.45, 7) is 0.428. The summed E-state index contributed by atoms with van der Waals surface area (Å²) in [5.41, 5.74) is 0.616. The Morgan fingerprint density at radius 1 is 1.17 bits per heavy atom. The van der Waals surface area contributed by atoms with Crippen LogP contribution in [0.1, 0.15) is 6.42 Å². The van der Waals surface area contributed by atoms with Crippen molar-refractivity contribution in [1.29, 1.82) is 0 Å². The molecular formula is C16H12Cl3N3O2. The SMILES string of the molecule is O=C(Nc1cc(Cl)ccn1)C1CCN(c2ccc(Cl)c(Cl)c2)C1=O. The van der Waals surface area contributed by atoms with Gasteiger partial charge in [-0.1, -0.05) is 34.8 Å². The van der Waals surface area contributed by atoms with Crippen molar-refractivity contribution in [2.45, 2.75) is 6.42 Å². The molecule has 1 unspecified atom stereocenters. The maximum absolute atomic E-state index is 12.5. The van der Waals surface area contributed by atoms with E-state index in [4.69, 9.17) is 34.8 Å². The van der Waals surface area contributed by atoms with Gasteiger partial charge in [-0.3, -0.25) is 9.59 Å². The van der Waals surface area contributed by atoms with Gasteiger partial charge in [0.2, 0.25) is 11.8 Å². The Kier molecular flexibility index (Phi) is 4.94. The lowest BCUT2D eigenvalue weighted by atomic mass is 10.1. The van der Waals surface area contributed by atoms with Crippen LogP contribution in [0.2, 0.25) is 15.1 Å². The van der Waals surface area contributed by atoms with Gasteiger partial charge in [0.05, 0.1) is 10.0 Å². The van der Waals surface area contributed by atoms with Crippen LogP contribution < -0.4 is 10.2 Å². The van der Waals surface area contributed by atoms with Crippen molar-refractivity contribution >= 4 is 58.1 Å². The minimum absolute atomic E-state index is 0.284. The van der Waals surface area contributed by atoms with E-state index >= 15 is 0 Å². The molecule has 2 amide bonds. The normalized spacial score (nSPS) is 17.2. The van der Waals surface area contributed by atoms with Gasteiger partial charge in [-0.25, -0.2) is 4.98 Å². The molecule has 1 atom stereocenters. The highest BCUT2D eigenvalue weighted by Gasteiger charge is 2.37. The predicted octanol–water partition coefficient (Wildman–Crippen LogP) is 4.03. The van der Waals surface area contributed by atoms with Gasteiger partial charge < -0.3 is 10.2 Å². The van der Waals surface area contributed by atoms with Crippen molar-refractivity contribution in [2.75, 3.05) is 16.8 Å². The highest BCUT2D eigenvalue weighted by Crippen LogP contribution is 2.31. The number of anilines is 2. The van der Waals surface area contributed by atoms with E-state index in [0.29, 0.717) is 39.5 Å². The van der Waals surface area contributed by atoms with Crippen LogP contribution in [0.5, 0.6) is 0 Å². The maximum Gasteiger partial charge on any atom is 0.239 e. The van der Waals surface area contributed by atoms with Crippen molar-refractivity contribution in [3.63, 3.8) is 0 Å². The smallest absolute Gasteiger partial charge is 0.239 e. The lowest BCUT2D eigenvalue weighted by Crippen LogP contribution is -2.33. The molecule has 1 saturated heterocycles. The molecule has 0 saturated carbocycles. The molecule has 1 fully saturated rings. The third-order valence-electron chi connectivity index (χ3n) is 3.71. The Hall–Kier alpha value is -1.82. The van der Waals surface area contributed by atoms with Crippen molar-refractivity contribution in [3.05, 3.63) is 51.6 Å². The topological polar surface area (TPSA) is 62.3 Å². The number of aromatic nitrogens is 1. The average molecular weight is 385 g/mol. The van der Waals surface area contributed by atoms with Crippen molar-refractivity contribution < 1.29 is 9.59 Å². The lowest BCUT2D eigenvalue weighted by Gasteiger charge is -2.17. The van der Waals surface area contributed by atoms with E-state index < -0.39 is 11.8 Å². The quantitative estimate of drug-likeness (QED) is 0.813. The second-order valence-electron chi connectivity index (χ2n) is 5.28. The summed E-state index contributed by atoms with van der Waals surface area (Å²) in [6.07, 6.45) is 1.89. The van der Waals surface area contributed by atoms with Gasteiger partial charge in [0.25, 0.3) is 0 Å². The Morgan fingerprint density at radius 2 is 1.96 bits per heavy atom. The van der Waals surface area contributed by atoms with Crippen molar-refractivity contribution in [2.24, 2.45) is 5.92 Å². The molecule has 1 aliphatic rings. The molecule has 24 heavy (non-hydrogen) atoms. The van der Waals surface area contributed by atoms with Gasteiger partial charge in [-0.15, -0.1) is 0 Å². The highest BCUT2D eigenvalue weighted by atomic mass is 35.5. The molecule has 124 valence electrons. The molecule has 0 aliphatic carbocycles. The summed E-state index contributed by atoms with van der Waals surface area (Å²) < 4.78 is 0. The average Bonchev–Trinajstić information content (AvgIpc) is 2.92. The van der Waals surface area contributed by atoms with Crippen LogP contribution in [0, 0.1) is 5.92 Å². The Balaban J connectivity index is 1.73. The highest BCUT2D eigenvalue weighted by molar-refractivity contribution is 6.42. The fourth-order valence-electron chi connectivity index (χ4n) is 2.52. The van der Waals surface area contributed by atoms with E-state index in [-0.39, 0.29) is 5.91 Å². The minimum atomic E-state index is -0.778. The van der Waals surface area contributed by atoms with Crippen LogP contribution in [-0.2, 0) is 9.59 Å². The van der Waals surface area contributed by atoms with Crippen LogP contribution in [-0.4, -0.2) is 23.3 Å². The molecule has 8 heteroatoms. The second-order valence-corrected chi connectivity index (χ2v) is 6.53. The van der Waals surface area contributed by atoms with E-state index in [9.17, 15) is 9.59 Å². The number of rotatable bonds is 3.